The van der Waals surface area contributed by atoms with Crippen LogP contribution in [0.5, 0.6) is 0 Å². The van der Waals surface area contributed by atoms with Crippen molar-refractivity contribution in [3.05, 3.63) is 58.7 Å². The number of nitriles is 1. The van der Waals surface area contributed by atoms with Gasteiger partial charge in [-0.15, -0.1) is 0 Å². The highest BCUT2D eigenvalue weighted by molar-refractivity contribution is 5.78. The fraction of sp³-hybridized carbons (Fsp3) is 0.567. The van der Waals surface area contributed by atoms with Gasteiger partial charge in [0.05, 0.1) is 17.7 Å². The number of carbonyl (C=O) groups excluding carboxylic acids is 2. The van der Waals surface area contributed by atoms with Gasteiger partial charge in [0, 0.05) is 43.3 Å². The van der Waals surface area contributed by atoms with E-state index < -0.39 is 35.0 Å². The molecule has 7 nitrogen and oxygen atoms in total. The number of allylic oxidation sites excluding steroid dienone is 2. The van der Waals surface area contributed by atoms with Crippen LogP contribution in [-0.2, 0) is 20.7 Å². The second kappa shape index (κ2) is 10.1. The molecule has 5 rings (SSSR count). The van der Waals surface area contributed by atoms with Crippen LogP contribution in [0.15, 0.2) is 35.9 Å². The molecule has 1 aromatic carbocycles. The maximum Gasteiger partial charge on any atom is 0.407 e. The molecular formula is C30H35F2N3O4. The van der Waals surface area contributed by atoms with Gasteiger partial charge in [-0.2, -0.15) is 5.26 Å². The van der Waals surface area contributed by atoms with Crippen LogP contribution >= 0.6 is 0 Å². The topological polar surface area (TPSA) is 91.7 Å². The van der Waals surface area contributed by atoms with E-state index in [1.54, 1.807) is 31.7 Å². The van der Waals surface area contributed by atoms with Crippen LogP contribution < -0.4 is 5.32 Å². The van der Waals surface area contributed by atoms with Crippen LogP contribution in [-0.4, -0.2) is 53.3 Å². The SMILES string of the molecule is CC1C2C=CC=C(C#N)C12OC1CCN(C(=O)CC(NC(=O)OC(C)(C)C)C2CCc3cc(F)c(F)cc32)C1. The van der Waals surface area contributed by atoms with E-state index >= 15 is 0 Å². The zero-order chi connectivity index (χ0) is 28.1. The number of carbonyl (C=O) groups is 2. The summed E-state index contributed by atoms with van der Waals surface area (Å²) in [5, 5.41) is 12.5. The van der Waals surface area contributed by atoms with Gasteiger partial charge in [0.1, 0.15) is 11.2 Å². The lowest BCUT2D eigenvalue weighted by molar-refractivity contribution is -0.131. The minimum absolute atomic E-state index is 0.00861. The van der Waals surface area contributed by atoms with Crippen molar-refractivity contribution >= 4 is 12.0 Å². The summed E-state index contributed by atoms with van der Waals surface area (Å²) in [5.74, 6) is -2.00. The molecule has 0 spiro atoms. The molecule has 2 amide bonds. The smallest absolute Gasteiger partial charge is 0.407 e. The molecule has 4 aliphatic rings. The standard InChI is InChI=1S/C30H35F2N3O4/c1-17-23-7-5-6-19(15-33)30(17,23)38-20-10-11-35(16-20)27(36)14-26(34-28(37)39-29(2,3)4)21-9-8-18-12-24(31)25(32)13-22(18)21/h5-7,12-13,17,20-21,23,26H,8-11,14,16H2,1-4H3,(H,34,37). The molecule has 1 heterocycles. The molecular weight excluding hydrogens is 504 g/mol. The number of aryl methyl sites for hydroxylation is 1. The first-order chi connectivity index (χ1) is 18.4. The van der Waals surface area contributed by atoms with Crippen molar-refractivity contribution in [1.82, 2.24) is 10.2 Å². The molecule has 6 unspecified atom stereocenters. The summed E-state index contributed by atoms with van der Waals surface area (Å²) in [6.45, 7) is 8.22. The number of fused-ring (bicyclic) bond motifs is 2. The molecule has 2 fully saturated rings. The Balaban J connectivity index is 1.28. The summed E-state index contributed by atoms with van der Waals surface area (Å²) >= 11 is 0. The number of nitrogens with zero attached hydrogens (tertiary/aromatic N) is 2. The Labute approximate surface area is 227 Å². The highest BCUT2D eigenvalue weighted by Crippen LogP contribution is 2.60. The molecule has 0 radical (unpaired) electrons. The fourth-order valence-corrected chi connectivity index (χ4v) is 6.52. The zero-order valence-electron chi connectivity index (χ0n) is 22.8. The predicted molar refractivity (Wildman–Crippen MR) is 139 cm³/mol. The third-order valence-electron chi connectivity index (χ3n) is 8.47. The van der Waals surface area contributed by atoms with Crippen molar-refractivity contribution in [2.75, 3.05) is 13.1 Å². The molecule has 1 aromatic rings. The first-order valence-corrected chi connectivity index (χ1v) is 13.6. The van der Waals surface area contributed by atoms with E-state index in [1.807, 2.05) is 6.08 Å². The second-order valence-electron chi connectivity index (χ2n) is 12.1. The predicted octanol–water partition coefficient (Wildman–Crippen LogP) is 4.92. The second-order valence-corrected chi connectivity index (χ2v) is 12.1. The van der Waals surface area contributed by atoms with Gasteiger partial charge in [0.25, 0.3) is 0 Å². The molecule has 208 valence electrons. The van der Waals surface area contributed by atoms with Crippen LogP contribution in [0.25, 0.3) is 0 Å². The summed E-state index contributed by atoms with van der Waals surface area (Å²) in [6, 6.07) is 4.02. The lowest BCUT2D eigenvalue weighted by Crippen LogP contribution is -2.45. The van der Waals surface area contributed by atoms with Gasteiger partial charge in [-0.25, -0.2) is 13.6 Å². The molecule has 0 bridgehead atoms. The minimum Gasteiger partial charge on any atom is -0.444 e. The third kappa shape index (κ3) is 5.19. The summed E-state index contributed by atoms with van der Waals surface area (Å²) in [7, 11) is 0. The normalized spacial score (nSPS) is 29.7. The minimum atomic E-state index is -0.946. The molecule has 1 N–H and O–H groups in total. The van der Waals surface area contributed by atoms with Crippen molar-refractivity contribution in [3.63, 3.8) is 0 Å². The van der Waals surface area contributed by atoms with Gasteiger partial charge in [0.15, 0.2) is 11.6 Å². The summed E-state index contributed by atoms with van der Waals surface area (Å²) in [4.78, 5) is 27.9. The number of hydrogen-bond acceptors (Lipinski definition) is 5. The summed E-state index contributed by atoms with van der Waals surface area (Å²) < 4.78 is 40.0. The Bertz CT molecular complexity index is 1280. The van der Waals surface area contributed by atoms with E-state index in [0.717, 1.165) is 0 Å². The Morgan fingerprint density at radius 2 is 2.00 bits per heavy atom. The molecule has 39 heavy (non-hydrogen) atoms. The van der Waals surface area contributed by atoms with Crippen LogP contribution in [0, 0.1) is 34.8 Å². The van der Waals surface area contributed by atoms with E-state index in [0.29, 0.717) is 49.1 Å². The summed E-state index contributed by atoms with van der Waals surface area (Å²) in [5.41, 5.74) is 0.577. The van der Waals surface area contributed by atoms with Gasteiger partial charge in [-0.05, 0) is 69.4 Å². The maximum absolute atomic E-state index is 14.2. The number of halogens is 2. The van der Waals surface area contributed by atoms with E-state index in [4.69, 9.17) is 9.47 Å². The highest BCUT2D eigenvalue weighted by atomic mass is 19.2. The average molecular weight is 540 g/mol. The van der Waals surface area contributed by atoms with Gasteiger partial charge in [-0.3, -0.25) is 4.79 Å². The number of ether oxygens (including phenoxy) is 2. The quantitative estimate of drug-likeness (QED) is 0.554. The van der Waals surface area contributed by atoms with E-state index in [9.17, 15) is 23.6 Å². The van der Waals surface area contributed by atoms with Crippen LogP contribution in [0.4, 0.5) is 13.6 Å². The van der Waals surface area contributed by atoms with Crippen molar-refractivity contribution < 1.29 is 27.8 Å². The van der Waals surface area contributed by atoms with Gasteiger partial charge >= 0.3 is 6.09 Å². The monoisotopic (exact) mass is 539 g/mol. The molecule has 9 heteroatoms. The Hall–Kier alpha value is -3.25. The average Bonchev–Trinajstić information content (AvgIpc) is 3.19. The number of benzene rings is 1. The number of amides is 2. The summed E-state index contributed by atoms with van der Waals surface area (Å²) in [6.07, 6.45) is 6.64. The molecule has 6 atom stereocenters. The number of alkyl carbamates (subject to hydrolysis) is 1. The van der Waals surface area contributed by atoms with Gasteiger partial charge in [0.2, 0.25) is 5.91 Å². The zero-order valence-corrected chi connectivity index (χ0v) is 22.8. The molecule has 1 saturated heterocycles. The number of likely N-dealkylation sites (tertiary alicyclic amines) is 1. The van der Waals surface area contributed by atoms with Crippen LogP contribution in [0.3, 0.4) is 0 Å². The van der Waals surface area contributed by atoms with Crippen LogP contribution in [0.2, 0.25) is 0 Å². The van der Waals surface area contributed by atoms with E-state index in [-0.39, 0.29) is 36.2 Å². The Morgan fingerprint density at radius 3 is 2.72 bits per heavy atom. The number of hydrogen-bond donors (Lipinski definition) is 1. The molecule has 1 aliphatic heterocycles. The fourth-order valence-electron chi connectivity index (χ4n) is 6.52. The maximum atomic E-state index is 14.2. The highest BCUT2D eigenvalue weighted by Gasteiger charge is 2.66. The molecule has 0 aromatic heterocycles. The number of nitrogens with one attached hydrogen (secondary N) is 1. The van der Waals surface area contributed by atoms with E-state index in [1.165, 1.54) is 12.1 Å². The molecule has 3 aliphatic carbocycles. The Morgan fingerprint density at radius 1 is 1.26 bits per heavy atom. The number of rotatable bonds is 6. The lowest BCUT2D eigenvalue weighted by atomic mass is 9.90. The van der Waals surface area contributed by atoms with E-state index in [2.05, 4.69) is 24.4 Å². The first-order valence-electron chi connectivity index (χ1n) is 13.6. The van der Waals surface area contributed by atoms with Gasteiger partial charge in [-0.1, -0.05) is 19.1 Å². The molecule has 1 saturated carbocycles. The largest absolute Gasteiger partial charge is 0.444 e. The lowest BCUT2D eigenvalue weighted by Gasteiger charge is -2.29. The third-order valence-corrected chi connectivity index (χ3v) is 8.47. The van der Waals surface area contributed by atoms with Crippen molar-refractivity contribution in [1.29, 1.82) is 5.26 Å². The van der Waals surface area contributed by atoms with Crippen molar-refractivity contribution in [3.8, 4) is 6.07 Å². The van der Waals surface area contributed by atoms with Crippen LogP contribution in [0.1, 0.15) is 64.0 Å². The Kier molecular flexibility index (Phi) is 7.04. The van der Waals surface area contributed by atoms with Crippen molar-refractivity contribution in [2.45, 2.75) is 82.6 Å². The van der Waals surface area contributed by atoms with Crippen molar-refractivity contribution in [2.24, 2.45) is 11.8 Å². The first kappa shape index (κ1) is 27.3. The van der Waals surface area contributed by atoms with Gasteiger partial charge < -0.3 is 19.7 Å².